The van der Waals surface area contributed by atoms with Crippen molar-refractivity contribution in [3.8, 4) is 11.1 Å². The fraction of sp³-hybridized carbons (Fsp3) is 0.238. The van der Waals surface area contributed by atoms with E-state index >= 15 is 0 Å². The number of nitrogens with zero attached hydrogens (tertiary/aromatic N) is 3. The summed E-state index contributed by atoms with van der Waals surface area (Å²) in [4.78, 5) is 33.6. The van der Waals surface area contributed by atoms with Crippen molar-refractivity contribution >= 4 is 28.4 Å². The van der Waals surface area contributed by atoms with Crippen LogP contribution >= 0.6 is 0 Å². The van der Waals surface area contributed by atoms with Crippen molar-refractivity contribution in [1.82, 2.24) is 9.55 Å². The van der Waals surface area contributed by atoms with Crippen LogP contribution in [0.4, 0.5) is 5.69 Å². The summed E-state index contributed by atoms with van der Waals surface area (Å²) in [5, 5.41) is 3.66. The van der Waals surface area contributed by atoms with Crippen molar-refractivity contribution in [2.75, 3.05) is 18.5 Å². The van der Waals surface area contributed by atoms with E-state index in [2.05, 4.69) is 15.3 Å². The third-order valence-electron chi connectivity index (χ3n) is 4.81. The lowest BCUT2D eigenvalue weighted by Gasteiger charge is -2.13. The number of benzene rings is 1. The number of rotatable bonds is 3. The average molecular weight is 376 g/mol. The highest BCUT2D eigenvalue weighted by atomic mass is 16.5. The van der Waals surface area contributed by atoms with Crippen molar-refractivity contribution in [3.63, 3.8) is 0 Å². The molecule has 1 aromatic carbocycles. The molecule has 142 valence electrons. The van der Waals surface area contributed by atoms with Gasteiger partial charge in [0.1, 0.15) is 6.61 Å². The van der Waals surface area contributed by atoms with Crippen LogP contribution in [0.2, 0.25) is 0 Å². The molecule has 3 aromatic rings. The molecular formula is C21H20N4O3. The molecule has 0 bridgehead atoms. The Morgan fingerprint density at radius 1 is 1.18 bits per heavy atom. The van der Waals surface area contributed by atoms with Crippen molar-refractivity contribution < 1.29 is 9.53 Å². The minimum absolute atomic E-state index is 0.0881. The smallest absolute Gasteiger partial charge is 0.310 e. The van der Waals surface area contributed by atoms with Crippen LogP contribution in [-0.2, 0) is 16.6 Å². The van der Waals surface area contributed by atoms with E-state index in [1.165, 1.54) is 0 Å². The summed E-state index contributed by atoms with van der Waals surface area (Å²) in [6, 6.07) is 9.21. The quantitative estimate of drug-likeness (QED) is 0.761. The van der Waals surface area contributed by atoms with E-state index < -0.39 is 5.91 Å². The molecule has 0 aliphatic carbocycles. The largest absolute Gasteiger partial charge is 0.472 e. The van der Waals surface area contributed by atoms with Gasteiger partial charge < -0.3 is 14.6 Å². The zero-order valence-corrected chi connectivity index (χ0v) is 15.9. The van der Waals surface area contributed by atoms with Gasteiger partial charge in [-0.05, 0) is 49.2 Å². The van der Waals surface area contributed by atoms with Crippen LogP contribution in [0.5, 0.6) is 0 Å². The van der Waals surface area contributed by atoms with E-state index in [1.54, 1.807) is 29.9 Å². The van der Waals surface area contributed by atoms with E-state index in [0.717, 1.165) is 27.7 Å². The van der Waals surface area contributed by atoms with Crippen molar-refractivity contribution in [2.24, 2.45) is 12.0 Å². The second kappa shape index (κ2) is 6.92. The molecule has 7 nitrogen and oxygen atoms in total. The van der Waals surface area contributed by atoms with Gasteiger partial charge in [-0.15, -0.1) is 0 Å². The van der Waals surface area contributed by atoms with Crippen LogP contribution in [0.25, 0.3) is 22.0 Å². The van der Waals surface area contributed by atoms with Gasteiger partial charge in [-0.1, -0.05) is 6.07 Å². The molecule has 7 heteroatoms. The number of pyridine rings is 2. The van der Waals surface area contributed by atoms with E-state index in [1.807, 2.05) is 32.0 Å². The predicted octanol–water partition coefficient (Wildman–Crippen LogP) is 2.58. The molecule has 0 spiro atoms. The van der Waals surface area contributed by atoms with E-state index in [0.29, 0.717) is 24.4 Å². The Morgan fingerprint density at radius 3 is 2.75 bits per heavy atom. The van der Waals surface area contributed by atoms with Crippen molar-refractivity contribution in [3.05, 3.63) is 58.1 Å². The lowest BCUT2D eigenvalue weighted by molar-refractivity contribution is -0.111. The van der Waals surface area contributed by atoms with Crippen LogP contribution in [-0.4, -0.2) is 34.5 Å². The number of hydrogen-bond acceptors (Lipinski definition) is 5. The van der Waals surface area contributed by atoms with Gasteiger partial charge in [-0.25, -0.2) is 4.99 Å². The second-order valence-electron chi connectivity index (χ2n) is 6.83. The van der Waals surface area contributed by atoms with Gasteiger partial charge in [0.05, 0.1) is 12.1 Å². The second-order valence-corrected chi connectivity index (χ2v) is 6.83. The maximum Gasteiger partial charge on any atom is 0.310 e. The molecule has 4 rings (SSSR count). The molecule has 0 unspecified atom stereocenters. The molecule has 1 aliphatic rings. The van der Waals surface area contributed by atoms with Gasteiger partial charge in [-0.3, -0.25) is 14.6 Å². The Morgan fingerprint density at radius 2 is 2.00 bits per heavy atom. The number of anilines is 1. The first-order valence-electron chi connectivity index (χ1n) is 9.00. The SMILES string of the molecule is Cc1cc2c(cn1)cc(-c1cc(NC(=O)C3=NCCO3)ccc1C)c(=O)n2C. The molecule has 0 saturated carbocycles. The Bertz CT molecular complexity index is 1190. The lowest BCUT2D eigenvalue weighted by Crippen LogP contribution is -2.23. The zero-order chi connectivity index (χ0) is 19.8. The number of aryl methyl sites for hydroxylation is 3. The number of aromatic nitrogens is 2. The molecule has 0 radical (unpaired) electrons. The van der Waals surface area contributed by atoms with Crippen LogP contribution in [0, 0.1) is 13.8 Å². The first-order chi connectivity index (χ1) is 13.4. The van der Waals surface area contributed by atoms with Crippen LogP contribution in [0.1, 0.15) is 11.3 Å². The highest BCUT2D eigenvalue weighted by Gasteiger charge is 2.18. The van der Waals surface area contributed by atoms with Crippen molar-refractivity contribution in [1.29, 1.82) is 0 Å². The minimum Gasteiger partial charge on any atom is -0.472 e. The molecule has 1 N–H and O–H groups in total. The Labute approximate surface area is 161 Å². The van der Waals surface area contributed by atoms with Crippen LogP contribution in [0.3, 0.4) is 0 Å². The number of ether oxygens (including phenoxy) is 1. The summed E-state index contributed by atoms with van der Waals surface area (Å²) in [6.45, 7) is 4.74. The number of aliphatic imine (C=N–C) groups is 1. The van der Waals surface area contributed by atoms with Gasteiger partial charge in [0.25, 0.3) is 11.5 Å². The molecule has 0 fully saturated rings. The van der Waals surface area contributed by atoms with Gasteiger partial charge in [0.15, 0.2) is 0 Å². The Hall–Kier alpha value is -3.48. The molecule has 0 atom stereocenters. The Kier molecular flexibility index (Phi) is 4.43. The van der Waals surface area contributed by atoms with Gasteiger partial charge in [0, 0.05) is 35.6 Å². The zero-order valence-electron chi connectivity index (χ0n) is 15.9. The maximum absolute atomic E-state index is 13.0. The van der Waals surface area contributed by atoms with Gasteiger partial charge >= 0.3 is 5.91 Å². The number of amides is 1. The summed E-state index contributed by atoms with van der Waals surface area (Å²) in [6.07, 6.45) is 1.77. The normalized spacial score (nSPS) is 13.3. The molecule has 3 heterocycles. The summed E-state index contributed by atoms with van der Waals surface area (Å²) >= 11 is 0. The van der Waals surface area contributed by atoms with Gasteiger partial charge in [0.2, 0.25) is 0 Å². The molecule has 28 heavy (non-hydrogen) atoms. The fourth-order valence-electron chi connectivity index (χ4n) is 3.30. The summed E-state index contributed by atoms with van der Waals surface area (Å²) in [5.41, 5.74) is 4.41. The summed E-state index contributed by atoms with van der Waals surface area (Å²) < 4.78 is 6.83. The first-order valence-corrected chi connectivity index (χ1v) is 9.00. The highest BCUT2D eigenvalue weighted by Crippen LogP contribution is 2.27. The topological polar surface area (TPSA) is 85.6 Å². The molecular weight excluding hydrogens is 356 g/mol. The molecule has 0 saturated heterocycles. The third kappa shape index (κ3) is 3.15. The predicted molar refractivity (Wildman–Crippen MR) is 109 cm³/mol. The fourth-order valence-corrected chi connectivity index (χ4v) is 3.30. The monoisotopic (exact) mass is 376 g/mol. The third-order valence-corrected chi connectivity index (χ3v) is 4.81. The average Bonchev–Trinajstić information content (AvgIpc) is 3.22. The van der Waals surface area contributed by atoms with Crippen LogP contribution in [0.15, 0.2) is 46.3 Å². The number of carbonyl (C=O) groups is 1. The number of carbonyl (C=O) groups excluding carboxylic acids is 1. The Balaban J connectivity index is 1.78. The van der Waals surface area contributed by atoms with Crippen LogP contribution < -0.4 is 10.9 Å². The standard InChI is InChI=1S/C21H20N4O3/c1-12-4-5-15(24-19(26)20-22-6-7-28-20)10-16(12)17-9-14-11-23-13(2)8-18(14)25(3)21(17)27/h4-5,8-11H,6-7H2,1-3H3,(H,24,26). The van der Waals surface area contributed by atoms with E-state index in [4.69, 9.17) is 4.74 Å². The molecule has 1 amide bonds. The highest BCUT2D eigenvalue weighted by molar-refractivity contribution is 6.40. The molecule has 1 aliphatic heterocycles. The minimum atomic E-state index is -0.390. The number of hydrogen-bond donors (Lipinski definition) is 1. The van der Waals surface area contributed by atoms with Crippen molar-refractivity contribution in [2.45, 2.75) is 13.8 Å². The summed E-state index contributed by atoms with van der Waals surface area (Å²) in [7, 11) is 1.75. The number of nitrogens with one attached hydrogen (secondary N) is 1. The maximum atomic E-state index is 13.0. The van der Waals surface area contributed by atoms with E-state index in [-0.39, 0.29) is 11.5 Å². The number of fused-ring (bicyclic) bond motifs is 1. The van der Waals surface area contributed by atoms with Gasteiger partial charge in [-0.2, -0.15) is 0 Å². The summed E-state index contributed by atoms with van der Waals surface area (Å²) in [5.74, 6) is -0.302. The lowest BCUT2D eigenvalue weighted by atomic mass is 9.99. The first kappa shape index (κ1) is 17.9. The van der Waals surface area contributed by atoms with E-state index in [9.17, 15) is 9.59 Å². The molecule has 2 aromatic heterocycles.